The van der Waals surface area contributed by atoms with Gasteiger partial charge in [-0.05, 0) is 24.8 Å². The molecule has 0 saturated carbocycles. The molecule has 0 aliphatic carbocycles. The first-order chi connectivity index (χ1) is 8.50. The summed E-state index contributed by atoms with van der Waals surface area (Å²) in [7, 11) is 0. The summed E-state index contributed by atoms with van der Waals surface area (Å²) in [5.41, 5.74) is 1.18. The van der Waals surface area contributed by atoms with E-state index < -0.39 is 12.0 Å². The molecule has 1 aromatic heterocycles. The molecule has 1 atom stereocenters. The number of carboxylic acid groups (broad SMARTS) is 1. The first-order valence-corrected chi connectivity index (χ1v) is 6.09. The molecular formula is C12H17N3O3. The van der Waals surface area contributed by atoms with E-state index in [4.69, 9.17) is 5.11 Å². The molecule has 1 amide bonds. The molecule has 0 spiro atoms. The highest BCUT2D eigenvalue weighted by Gasteiger charge is 2.35. The maximum atomic E-state index is 12.2. The average Bonchev–Trinajstić information content (AvgIpc) is 2.97. The number of H-pyrrole nitrogens is 1. The highest BCUT2D eigenvalue weighted by atomic mass is 16.4. The van der Waals surface area contributed by atoms with Gasteiger partial charge in [-0.2, -0.15) is 5.10 Å². The lowest BCUT2D eigenvalue weighted by atomic mass is 10.1. The van der Waals surface area contributed by atoms with Gasteiger partial charge in [-0.25, -0.2) is 4.79 Å². The molecular weight excluding hydrogens is 234 g/mol. The van der Waals surface area contributed by atoms with E-state index in [2.05, 4.69) is 10.2 Å². The van der Waals surface area contributed by atoms with Gasteiger partial charge in [0.25, 0.3) is 5.91 Å². The normalized spacial score (nSPS) is 19.5. The molecule has 1 saturated heterocycles. The molecule has 1 aromatic rings. The highest BCUT2D eigenvalue weighted by Crippen LogP contribution is 2.21. The van der Waals surface area contributed by atoms with Crippen molar-refractivity contribution in [2.24, 2.45) is 0 Å². The van der Waals surface area contributed by atoms with Crippen LogP contribution in [0.25, 0.3) is 0 Å². The smallest absolute Gasteiger partial charge is 0.326 e. The lowest BCUT2D eigenvalue weighted by Crippen LogP contribution is -2.40. The summed E-state index contributed by atoms with van der Waals surface area (Å²) in [6.07, 6.45) is 1.24. The fourth-order valence-electron chi connectivity index (χ4n) is 2.16. The number of aromatic nitrogens is 2. The molecule has 0 aromatic carbocycles. The Hall–Kier alpha value is -1.85. The molecule has 18 heavy (non-hydrogen) atoms. The number of likely N-dealkylation sites (tertiary alicyclic amines) is 1. The van der Waals surface area contributed by atoms with Crippen LogP contribution in [0.15, 0.2) is 6.07 Å². The van der Waals surface area contributed by atoms with Gasteiger partial charge in [0.1, 0.15) is 11.7 Å². The van der Waals surface area contributed by atoms with Crippen molar-refractivity contribution in [1.82, 2.24) is 15.1 Å². The van der Waals surface area contributed by atoms with Crippen LogP contribution in [0.3, 0.4) is 0 Å². The number of hydrogen-bond acceptors (Lipinski definition) is 3. The number of aliphatic carboxylic acids is 1. The van der Waals surface area contributed by atoms with Crippen LogP contribution in [0.2, 0.25) is 0 Å². The van der Waals surface area contributed by atoms with E-state index in [1.165, 1.54) is 4.90 Å². The second-order valence-corrected chi connectivity index (χ2v) is 4.86. The monoisotopic (exact) mass is 251 g/mol. The van der Waals surface area contributed by atoms with Crippen LogP contribution in [0.4, 0.5) is 0 Å². The molecule has 2 N–H and O–H groups in total. The first kappa shape index (κ1) is 12.6. The second-order valence-electron chi connectivity index (χ2n) is 4.86. The third-order valence-electron chi connectivity index (χ3n) is 3.24. The van der Waals surface area contributed by atoms with E-state index in [1.54, 1.807) is 6.07 Å². The zero-order valence-electron chi connectivity index (χ0n) is 10.5. The Labute approximate surface area is 105 Å². The van der Waals surface area contributed by atoms with Gasteiger partial charge < -0.3 is 10.0 Å². The van der Waals surface area contributed by atoms with Crippen molar-refractivity contribution in [2.45, 2.75) is 38.6 Å². The fraction of sp³-hybridized carbons (Fsp3) is 0.583. The lowest BCUT2D eigenvalue weighted by Gasteiger charge is -2.19. The van der Waals surface area contributed by atoms with E-state index in [-0.39, 0.29) is 11.8 Å². The summed E-state index contributed by atoms with van der Waals surface area (Å²) >= 11 is 0. The third-order valence-corrected chi connectivity index (χ3v) is 3.24. The summed E-state index contributed by atoms with van der Waals surface area (Å²) in [5, 5.41) is 15.8. The standard InChI is InChI=1S/C12H17N3O3/c1-7(2)8-6-9(14-13-8)11(16)15-5-3-4-10(15)12(17)18/h6-7,10H,3-5H2,1-2H3,(H,13,14)(H,17,18). The Balaban J connectivity index is 2.17. The van der Waals surface area contributed by atoms with Crippen LogP contribution in [0.5, 0.6) is 0 Å². The highest BCUT2D eigenvalue weighted by molar-refractivity contribution is 5.95. The minimum Gasteiger partial charge on any atom is -0.480 e. The van der Waals surface area contributed by atoms with Crippen molar-refractivity contribution in [3.05, 3.63) is 17.5 Å². The van der Waals surface area contributed by atoms with E-state index in [1.807, 2.05) is 13.8 Å². The molecule has 1 aliphatic rings. The number of rotatable bonds is 3. The van der Waals surface area contributed by atoms with Gasteiger partial charge in [0.2, 0.25) is 0 Å². The van der Waals surface area contributed by atoms with Crippen molar-refractivity contribution in [3.63, 3.8) is 0 Å². The van der Waals surface area contributed by atoms with Crippen LogP contribution in [0.1, 0.15) is 48.8 Å². The maximum absolute atomic E-state index is 12.2. The number of carbonyl (C=O) groups is 2. The van der Waals surface area contributed by atoms with Gasteiger partial charge in [0.05, 0.1) is 0 Å². The second kappa shape index (κ2) is 4.80. The van der Waals surface area contributed by atoms with Crippen molar-refractivity contribution in [1.29, 1.82) is 0 Å². The molecule has 2 rings (SSSR count). The Bertz CT molecular complexity index is 467. The molecule has 6 nitrogen and oxygen atoms in total. The van der Waals surface area contributed by atoms with Crippen LogP contribution in [-0.4, -0.2) is 44.7 Å². The summed E-state index contributed by atoms with van der Waals surface area (Å²) in [4.78, 5) is 24.6. The molecule has 2 heterocycles. The number of carbonyl (C=O) groups excluding carboxylic acids is 1. The predicted octanol–water partition coefficient (Wildman–Crippen LogP) is 1.22. The molecule has 0 radical (unpaired) electrons. The lowest BCUT2D eigenvalue weighted by molar-refractivity contribution is -0.141. The van der Waals surface area contributed by atoms with Gasteiger partial charge in [-0.3, -0.25) is 9.89 Å². The molecule has 0 bridgehead atoms. The Morgan fingerprint density at radius 2 is 2.28 bits per heavy atom. The van der Waals surface area contributed by atoms with Crippen LogP contribution in [-0.2, 0) is 4.79 Å². The van der Waals surface area contributed by atoms with Gasteiger partial charge in [0.15, 0.2) is 0 Å². The fourth-order valence-corrected chi connectivity index (χ4v) is 2.16. The van der Waals surface area contributed by atoms with Gasteiger partial charge >= 0.3 is 5.97 Å². The van der Waals surface area contributed by atoms with Gasteiger partial charge in [-0.1, -0.05) is 13.8 Å². The minimum absolute atomic E-state index is 0.257. The summed E-state index contributed by atoms with van der Waals surface area (Å²) in [6, 6.07) is 0.987. The van der Waals surface area contributed by atoms with E-state index in [0.717, 1.165) is 12.1 Å². The zero-order chi connectivity index (χ0) is 13.3. The first-order valence-electron chi connectivity index (χ1n) is 6.09. The van der Waals surface area contributed by atoms with Crippen molar-refractivity contribution in [2.75, 3.05) is 6.54 Å². The van der Waals surface area contributed by atoms with Crippen molar-refractivity contribution >= 4 is 11.9 Å². The van der Waals surface area contributed by atoms with E-state index >= 15 is 0 Å². The zero-order valence-corrected chi connectivity index (χ0v) is 10.5. The number of hydrogen-bond donors (Lipinski definition) is 2. The number of aromatic amines is 1. The third kappa shape index (κ3) is 2.23. The SMILES string of the molecule is CC(C)c1cc(C(=O)N2CCCC2C(=O)O)n[nH]1. The van der Waals surface area contributed by atoms with E-state index in [0.29, 0.717) is 18.7 Å². The largest absolute Gasteiger partial charge is 0.480 e. The maximum Gasteiger partial charge on any atom is 0.326 e. The molecule has 6 heteroatoms. The average molecular weight is 251 g/mol. The number of nitrogens with one attached hydrogen (secondary N) is 1. The van der Waals surface area contributed by atoms with Gasteiger partial charge in [0, 0.05) is 12.2 Å². The molecule has 1 fully saturated rings. The van der Waals surface area contributed by atoms with Crippen molar-refractivity contribution < 1.29 is 14.7 Å². The summed E-state index contributed by atoms with van der Waals surface area (Å²) < 4.78 is 0. The Morgan fingerprint density at radius 3 is 2.83 bits per heavy atom. The van der Waals surface area contributed by atoms with E-state index in [9.17, 15) is 9.59 Å². The van der Waals surface area contributed by atoms with Gasteiger partial charge in [-0.15, -0.1) is 0 Å². The molecule has 1 unspecified atom stereocenters. The van der Waals surface area contributed by atoms with Crippen molar-refractivity contribution in [3.8, 4) is 0 Å². The topological polar surface area (TPSA) is 86.3 Å². The number of amides is 1. The Morgan fingerprint density at radius 1 is 1.56 bits per heavy atom. The number of nitrogens with zero attached hydrogens (tertiary/aromatic N) is 2. The van der Waals surface area contributed by atoms with Crippen LogP contribution < -0.4 is 0 Å². The molecule has 98 valence electrons. The Kier molecular flexibility index (Phi) is 3.36. The van der Waals surface area contributed by atoms with Crippen LogP contribution >= 0.6 is 0 Å². The summed E-state index contributed by atoms with van der Waals surface area (Å²) in [6.45, 7) is 4.48. The quantitative estimate of drug-likeness (QED) is 0.845. The molecule has 1 aliphatic heterocycles. The minimum atomic E-state index is -0.944. The van der Waals surface area contributed by atoms with Crippen LogP contribution in [0, 0.1) is 0 Å². The summed E-state index contributed by atoms with van der Waals surface area (Å²) in [5.74, 6) is -0.989. The predicted molar refractivity (Wildman–Crippen MR) is 64.4 cm³/mol. The number of carboxylic acids is 1.